The molecular weight excluding hydrogens is 212 g/mol. The molecule has 3 nitrogen and oxygen atoms in total. The van der Waals surface area contributed by atoms with Crippen LogP contribution in [0.25, 0.3) is 0 Å². The molecule has 90 valence electrons. The van der Waals surface area contributed by atoms with E-state index >= 15 is 0 Å². The molecule has 0 saturated carbocycles. The van der Waals surface area contributed by atoms with E-state index in [-0.39, 0.29) is 0 Å². The topological polar surface area (TPSA) is 38.1 Å². The minimum absolute atomic E-state index is 0.410. The highest BCUT2D eigenvalue weighted by Crippen LogP contribution is 2.08. The van der Waals surface area contributed by atoms with Crippen LogP contribution in [0.4, 0.5) is 0 Å². The number of aromatic nitrogens is 1. The van der Waals surface area contributed by atoms with Gasteiger partial charge in [-0.15, -0.1) is 0 Å². The van der Waals surface area contributed by atoms with Crippen molar-refractivity contribution in [1.82, 2.24) is 10.3 Å². The highest BCUT2D eigenvalue weighted by molar-refractivity contribution is 5.11. The van der Waals surface area contributed by atoms with Crippen LogP contribution in [0.5, 0.6) is 0 Å². The van der Waals surface area contributed by atoms with Crippen LogP contribution in [0.2, 0.25) is 0 Å². The van der Waals surface area contributed by atoms with Gasteiger partial charge in [-0.05, 0) is 36.7 Å². The summed E-state index contributed by atoms with van der Waals surface area (Å²) in [7, 11) is 0. The van der Waals surface area contributed by atoms with Gasteiger partial charge < -0.3 is 9.73 Å². The molecule has 0 aliphatic carbocycles. The summed E-state index contributed by atoms with van der Waals surface area (Å²) < 4.78 is 5.10. The van der Waals surface area contributed by atoms with Crippen molar-refractivity contribution >= 4 is 0 Å². The molecule has 0 fully saturated rings. The quantitative estimate of drug-likeness (QED) is 0.828. The van der Waals surface area contributed by atoms with Crippen molar-refractivity contribution in [3.63, 3.8) is 0 Å². The smallest absolute Gasteiger partial charge is 0.0935 e. The summed E-state index contributed by atoms with van der Waals surface area (Å²) >= 11 is 0. The zero-order chi connectivity index (χ0) is 11.9. The van der Waals surface area contributed by atoms with E-state index in [0.717, 1.165) is 25.1 Å². The molecule has 0 saturated heterocycles. The summed E-state index contributed by atoms with van der Waals surface area (Å²) in [6.45, 7) is 3.09. The number of hydrogen-bond donors (Lipinski definition) is 1. The molecule has 1 atom stereocenters. The summed E-state index contributed by atoms with van der Waals surface area (Å²) in [6.07, 6.45) is 7.29. The Balaban J connectivity index is 1.97. The second-order valence-electron chi connectivity index (χ2n) is 4.12. The molecule has 0 aliphatic heterocycles. The first-order valence-corrected chi connectivity index (χ1v) is 6.03. The van der Waals surface area contributed by atoms with E-state index in [1.165, 1.54) is 5.56 Å². The van der Waals surface area contributed by atoms with Gasteiger partial charge in [-0.1, -0.05) is 13.0 Å². The molecule has 0 spiro atoms. The lowest BCUT2D eigenvalue weighted by atomic mass is 10.0. The van der Waals surface area contributed by atoms with Gasteiger partial charge in [0.2, 0.25) is 0 Å². The average molecular weight is 230 g/mol. The molecule has 1 unspecified atom stereocenters. The maximum Gasteiger partial charge on any atom is 0.0935 e. The first-order valence-electron chi connectivity index (χ1n) is 6.03. The van der Waals surface area contributed by atoms with E-state index in [9.17, 15) is 0 Å². The van der Waals surface area contributed by atoms with Crippen molar-refractivity contribution in [2.75, 3.05) is 6.54 Å². The van der Waals surface area contributed by atoms with Gasteiger partial charge in [0.1, 0.15) is 0 Å². The summed E-state index contributed by atoms with van der Waals surface area (Å²) in [4.78, 5) is 4.37. The minimum Gasteiger partial charge on any atom is -0.472 e. The molecule has 0 aromatic carbocycles. The van der Waals surface area contributed by atoms with E-state index in [2.05, 4.69) is 23.3 Å². The number of likely N-dealkylation sites (N-methyl/N-ethyl adjacent to an activating group) is 1. The van der Waals surface area contributed by atoms with Crippen molar-refractivity contribution in [3.8, 4) is 0 Å². The molecule has 0 bridgehead atoms. The van der Waals surface area contributed by atoms with Gasteiger partial charge in [-0.25, -0.2) is 0 Å². The standard InChI is InChI=1S/C14H18N2O/c1-2-15-14(9-12-6-8-17-11-12)10-13-5-3-4-7-16-13/h3-8,11,14-15H,2,9-10H2,1H3. The van der Waals surface area contributed by atoms with Gasteiger partial charge in [-0.2, -0.15) is 0 Å². The Labute approximate surface area is 102 Å². The van der Waals surface area contributed by atoms with Crippen LogP contribution < -0.4 is 5.32 Å². The molecule has 3 heteroatoms. The predicted octanol–water partition coefficient (Wildman–Crippen LogP) is 2.44. The van der Waals surface area contributed by atoms with Crippen LogP contribution in [0.15, 0.2) is 47.4 Å². The van der Waals surface area contributed by atoms with Crippen molar-refractivity contribution in [2.45, 2.75) is 25.8 Å². The van der Waals surface area contributed by atoms with Gasteiger partial charge in [0.15, 0.2) is 0 Å². The third-order valence-electron chi connectivity index (χ3n) is 2.74. The van der Waals surface area contributed by atoms with Crippen LogP contribution in [0, 0.1) is 0 Å². The lowest BCUT2D eigenvalue weighted by Gasteiger charge is -2.16. The summed E-state index contributed by atoms with van der Waals surface area (Å²) in [5.74, 6) is 0. The van der Waals surface area contributed by atoms with Gasteiger partial charge in [0, 0.05) is 24.4 Å². The van der Waals surface area contributed by atoms with E-state index in [1.54, 1.807) is 6.26 Å². The molecule has 2 rings (SSSR count). The maximum absolute atomic E-state index is 5.10. The van der Waals surface area contributed by atoms with Crippen molar-refractivity contribution in [2.24, 2.45) is 0 Å². The van der Waals surface area contributed by atoms with E-state index in [1.807, 2.05) is 30.7 Å². The van der Waals surface area contributed by atoms with Crippen molar-refractivity contribution in [3.05, 3.63) is 54.2 Å². The molecule has 2 heterocycles. The third kappa shape index (κ3) is 3.71. The van der Waals surface area contributed by atoms with Crippen LogP contribution >= 0.6 is 0 Å². The normalized spacial score (nSPS) is 12.5. The molecule has 0 radical (unpaired) electrons. The monoisotopic (exact) mass is 230 g/mol. The number of hydrogen-bond acceptors (Lipinski definition) is 3. The molecule has 2 aromatic rings. The zero-order valence-electron chi connectivity index (χ0n) is 10.1. The lowest BCUT2D eigenvalue weighted by Crippen LogP contribution is -2.33. The van der Waals surface area contributed by atoms with Gasteiger partial charge in [-0.3, -0.25) is 4.98 Å². The van der Waals surface area contributed by atoms with Crippen molar-refractivity contribution < 1.29 is 4.42 Å². The summed E-state index contributed by atoms with van der Waals surface area (Å²) in [6, 6.07) is 8.47. The predicted molar refractivity (Wildman–Crippen MR) is 67.8 cm³/mol. The second kappa shape index (κ2) is 6.21. The Morgan fingerprint density at radius 2 is 2.24 bits per heavy atom. The Kier molecular flexibility index (Phi) is 4.33. The maximum atomic E-state index is 5.10. The largest absolute Gasteiger partial charge is 0.472 e. The molecule has 0 amide bonds. The molecule has 1 N–H and O–H groups in total. The lowest BCUT2D eigenvalue weighted by molar-refractivity contribution is 0.509. The van der Waals surface area contributed by atoms with Gasteiger partial charge >= 0.3 is 0 Å². The Bertz CT molecular complexity index is 411. The zero-order valence-corrected chi connectivity index (χ0v) is 10.1. The van der Waals surface area contributed by atoms with Crippen LogP contribution in [0.3, 0.4) is 0 Å². The van der Waals surface area contributed by atoms with E-state index in [0.29, 0.717) is 6.04 Å². The van der Waals surface area contributed by atoms with Crippen LogP contribution in [-0.4, -0.2) is 17.6 Å². The Morgan fingerprint density at radius 3 is 2.88 bits per heavy atom. The number of nitrogens with one attached hydrogen (secondary N) is 1. The van der Waals surface area contributed by atoms with E-state index < -0.39 is 0 Å². The number of pyridine rings is 1. The number of nitrogens with zero attached hydrogens (tertiary/aromatic N) is 1. The molecule has 17 heavy (non-hydrogen) atoms. The fourth-order valence-corrected chi connectivity index (χ4v) is 1.97. The first kappa shape index (κ1) is 11.9. The number of rotatable bonds is 6. The van der Waals surface area contributed by atoms with E-state index in [4.69, 9.17) is 4.42 Å². The summed E-state index contributed by atoms with van der Waals surface area (Å²) in [5.41, 5.74) is 2.36. The highest BCUT2D eigenvalue weighted by atomic mass is 16.3. The Morgan fingerprint density at radius 1 is 1.29 bits per heavy atom. The number of furan rings is 1. The SMILES string of the molecule is CCNC(Cc1ccoc1)Cc1ccccn1. The van der Waals surface area contributed by atoms with Gasteiger partial charge in [0.25, 0.3) is 0 Å². The fraction of sp³-hybridized carbons (Fsp3) is 0.357. The average Bonchev–Trinajstić information content (AvgIpc) is 2.83. The third-order valence-corrected chi connectivity index (χ3v) is 2.74. The Hall–Kier alpha value is -1.61. The first-order chi connectivity index (χ1) is 8.38. The summed E-state index contributed by atoms with van der Waals surface area (Å²) in [5, 5.41) is 3.49. The molecule has 0 aliphatic rings. The second-order valence-corrected chi connectivity index (χ2v) is 4.12. The van der Waals surface area contributed by atoms with Crippen LogP contribution in [-0.2, 0) is 12.8 Å². The molecule has 2 aromatic heterocycles. The van der Waals surface area contributed by atoms with Crippen LogP contribution in [0.1, 0.15) is 18.2 Å². The van der Waals surface area contributed by atoms with Gasteiger partial charge in [0.05, 0.1) is 12.5 Å². The molecular formula is C14H18N2O. The highest BCUT2D eigenvalue weighted by Gasteiger charge is 2.10. The fourth-order valence-electron chi connectivity index (χ4n) is 1.97. The minimum atomic E-state index is 0.410. The van der Waals surface area contributed by atoms with Crippen molar-refractivity contribution in [1.29, 1.82) is 0 Å².